The number of benzene rings is 2. The summed E-state index contributed by atoms with van der Waals surface area (Å²) in [5.41, 5.74) is 1.12. The largest absolute Gasteiger partial charge is 0.496 e. The van der Waals surface area contributed by atoms with Crippen molar-refractivity contribution in [1.82, 2.24) is 0 Å². The molecule has 1 amide bonds. The second-order valence-electron chi connectivity index (χ2n) is 5.84. The van der Waals surface area contributed by atoms with Crippen molar-refractivity contribution < 1.29 is 28.9 Å². The van der Waals surface area contributed by atoms with Gasteiger partial charge in [0.1, 0.15) is 22.9 Å². The smallest absolute Gasteiger partial charge is 0.304 e. The van der Waals surface area contributed by atoms with Crippen LogP contribution in [0.1, 0.15) is 12.0 Å². The van der Waals surface area contributed by atoms with Crippen molar-refractivity contribution in [2.45, 2.75) is 12.8 Å². The van der Waals surface area contributed by atoms with Gasteiger partial charge in [-0.2, -0.15) is 0 Å². The summed E-state index contributed by atoms with van der Waals surface area (Å²) in [5.74, 6) is -0.838. The predicted molar refractivity (Wildman–Crippen MR) is 101 cm³/mol. The number of carboxylic acid groups (broad SMARTS) is 1. The van der Waals surface area contributed by atoms with Crippen LogP contribution in [-0.4, -0.2) is 38.3 Å². The van der Waals surface area contributed by atoms with E-state index in [-0.39, 0.29) is 12.8 Å². The Morgan fingerprint density at radius 3 is 2.04 bits per heavy atom. The Morgan fingerprint density at radius 2 is 1.48 bits per heavy atom. The van der Waals surface area contributed by atoms with Gasteiger partial charge in [0.15, 0.2) is 0 Å². The first kappa shape index (κ1) is 20.1. The molecule has 2 N–H and O–H groups in total. The Morgan fingerprint density at radius 1 is 0.926 bits per heavy atom. The highest BCUT2D eigenvalue weighted by molar-refractivity contribution is 5.97. The molecule has 7 nitrogen and oxygen atoms in total. The molecule has 0 saturated heterocycles. The highest BCUT2D eigenvalue weighted by atomic mass is 16.5. The van der Waals surface area contributed by atoms with Crippen molar-refractivity contribution >= 4 is 17.6 Å². The summed E-state index contributed by atoms with van der Waals surface area (Å²) in [7, 11) is 4.49. The van der Waals surface area contributed by atoms with Gasteiger partial charge in [-0.05, 0) is 30.2 Å². The first-order valence-corrected chi connectivity index (χ1v) is 8.35. The standard InChI is InChI=1S/C20H23NO6/c1-25-15-8-5-4-7-13(15)11-14(12-18(22)23)20(24)21-19-16(26-2)9-6-10-17(19)27-3/h4-10,14H,11-12H2,1-3H3,(H,21,24)(H,22,23)/t14-/m0/s1. The van der Waals surface area contributed by atoms with Gasteiger partial charge in [-0.15, -0.1) is 0 Å². The predicted octanol–water partition coefficient (Wildman–Crippen LogP) is 2.98. The summed E-state index contributed by atoms with van der Waals surface area (Å²) < 4.78 is 15.8. The molecule has 0 aliphatic rings. The molecule has 7 heteroatoms. The molecule has 2 aromatic rings. The fraction of sp³-hybridized carbons (Fsp3) is 0.300. The van der Waals surface area contributed by atoms with Gasteiger partial charge in [0.25, 0.3) is 0 Å². The van der Waals surface area contributed by atoms with E-state index in [1.165, 1.54) is 21.3 Å². The molecule has 27 heavy (non-hydrogen) atoms. The first-order chi connectivity index (χ1) is 13.0. The number of carbonyl (C=O) groups is 2. The normalized spacial score (nSPS) is 11.4. The van der Waals surface area contributed by atoms with Crippen LogP contribution in [0.2, 0.25) is 0 Å². The Kier molecular flexibility index (Phi) is 7.05. The van der Waals surface area contributed by atoms with Crippen molar-refractivity contribution in [3.05, 3.63) is 48.0 Å². The average molecular weight is 373 g/mol. The summed E-state index contributed by atoms with van der Waals surface area (Å²) in [6, 6.07) is 12.3. The third-order valence-corrected chi connectivity index (χ3v) is 4.13. The highest BCUT2D eigenvalue weighted by Gasteiger charge is 2.25. The van der Waals surface area contributed by atoms with E-state index in [0.29, 0.717) is 22.9 Å². The minimum absolute atomic E-state index is 0.222. The number of rotatable bonds is 9. The minimum atomic E-state index is -1.06. The minimum Gasteiger partial charge on any atom is -0.496 e. The van der Waals surface area contributed by atoms with Crippen LogP contribution in [-0.2, 0) is 16.0 Å². The molecule has 1 atom stereocenters. The number of ether oxygens (including phenoxy) is 3. The maximum absolute atomic E-state index is 12.9. The van der Waals surface area contributed by atoms with Crippen molar-refractivity contribution in [3.8, 4) is 17.2 Å². The lowest BCUT2D eigenvalue weighted by molar-refractivity contribution is -0.140. The molecular weight excluding hydrogens is 350 g/mol. The fourth-order valence-corrected chi connectivity index (χ4v) is 2.81. The lowest BCUT2D eigenvalue weighted by atomic mass is 9.94. The van der Waals surface area contributed by atoms with Crippen LogP contribution >= 0.6 is 0 Å². The van der Waals surface area contributed by atoms with E-state index in [4.69, 9.17) is 14.2 Å². The van der Waals surface area contributed by atoms with Gasteiger partial charge in [0.2, 0.25) is 5.91 Å². The second-order valence-corrected chi connectivity index (χ2v) is 5.84. The van der Waals surface area contributed by atoms with Crippen LogP contribution in [0.3, 0.4) is 0 Å². The number of hydrogen-bond acceptors (Lipinski definition) is 5. The van der Waals surface area contributed by atoms with Crippen LogP contribution in [0.5, 0.6) is 17.2 Å². The van der Waals surface area contributed by atoms with Crippen LogP contribution in [0.4, 0.5) is 5.69 Å². The molecule has 0 fully saturated rings. The molecule has 0 aliphatic carbocycles. The molecular formula is C20H23NO6. The first-order valence-electron chi connectivity index (χ1n) is 8.35. The summed E-state index contributed by atoms with van der Waals surface area (Å²) in [6.07, 6.45) is -0.0963. The van der Waals surface area contributed by atoms with Gasteiger partial charge >= 0.3 is 5.97 Å². The molecule has 0 aliphatic heterocycles. The third kappa shape index (κ3) is 5.13. The van der Waals surface area contributed by atoms with E-state index in [1.807, 2.05) is 18.2 Å². The number of hydrogen-bond donors (Lipinski definition) is 2. The Hall–Kier alpha value is -3.22. The van der Waals surface area contributed by atoms with E-state index in [1.54, 1.807) is 24.3 Å². The molecule has 0 bridgehead atoms. The van der Waals surface area contributed by atoms with E-state index in [9.17, 15) is 14.7 Å². The summed E-state index contributed by atoms with van der Waals surface area (Å²) >= 11 is 0. The van der Waals surface area contributed by atoms with Crippen molar-refractivity contribution in [3.63, 3.8) is 0 Å². The van der Waals surface area contributed by atoms with Crippen molar-refractivity contribution in [2.75, 3.05) is 26.6 Å². The lowest BCUT2D eigenvalue weighted by Gasteiger charge is -2.19. The van der Waals surface area contributed by atoms with Gasteiger partial charge in [0, 0.05) is 0 Å². The number of carbonyl (C=O) groups excluding carboxylic acids is 1. The Bertz CT molecular complexity index is 783. The van der Waals surface area contributed by atoms with Gasteiger partial charge in [-0.25, -0.2) is 0 Å². The maximum Gasteiger partial charge on any atom is 0.304 e. The molecule has 0 saturated carbocycles. The number of aliphatic carboxylic acids is 1. The lowest BCUT2D eigenvalue weighted by Crippen LogP contribution is -2.27. The van der Waals surface area contributed by atoms with Crippen molar-refractivity contribution in [2.24, 2.45) is 5.92 Å². The summed E-state index contributed by atoms with van der Waals surface area (Å²) in [4.78, 5) is 24.2. The molecule has 2 rings (SSSR count). The van der Waals surface area contributed by atoms with E-state index in [0.717, 1.165) is 5.56 Å². The molecule has 144 valence electrons. The topological polar surface area (TPSA) is 94.1 Å². The average Bonchev–Trinajstić information content (AvgIpc) is 2.67. The fourth-order valence-electron chi connectivity index (χ4n) is 2.81. The Balaban J connectivity index is 2.29. The molecule has 2 aromatic carbocycles. The van der Waals surface area contributed by atoms with Gasteiger partial charge in [-0.3, -0.25) is 9.59 Å². The van der Waals surface area contributed by atoms with Crippen LogP contribution < -0.4 is 19.5 Å². The van der Waals surface area contributed by atoms with Crippen LogP contribution in [0.15, 0.2) is 42.5 Å². The van der Waals surface area contributed by atoms with Crippen LogP contribution in [0, 0.1) is 5.92 Å². The highest BCUT2D eigenvalue weighted by Crippen LogP contribution is 2.35. The zero-order valence-corrected chi connectivity index (χ0v) is 15.5. The van der Waals surface area contributed by atoms with Gasteiger partial charge < -0.3 is 24.6 Å². The summed E-state index contributed by atoms with van der Waals surface area (Å²) in [6.45, 7) is 0. The molecule has 0 spiro atoms. The van der Waals surface area contributed by atoms with Crippen molar-refractivity contribution in [1.29, 1.82) is 0 Å². The molecule has 0 unspecified atom stereocenters. The zero-order chi connectivity index (χ0) is 19.8. The second kappa shape index (κ2) is 9.47. The number of anilines is 1. The zero-order valence-electron chi connectivity index (χ0n) is 15.5. The van der Waals surface area contributed by atoms with Gasteiger partial charge in [0.05, 0.1) is 33.7 Å². The number of nitrogens with one attached hydrogen (secondary N) is 1. The number of methoxy groups -OCH3 is 3. The van der Waals surface area contributed by atoms with E-state index in [2.05, 4.69) is 5.32 Å². The van der Waals surface area contributed by atoms with E-state index >= 15 is 0 Å². The molecule has 0 aromatic heterocycles. The molecule has 0 radical (unpaired) electrons. The molecule has 0 heterocycles. The van der Waals surface area contributed by atoms with Crippen LogP contribution in [0.25, 0.3) is 0 Å². The maximum atomic E-state index is 12.9. The quantitative estimate of drug-likeness (QED) is 0.702. The monoisotopic (exact) mass is 373 g/mol. The van der Waals surface area contributed by atoms with E-state index < -0.39 is 17.8 Å². The van der Waals surface area contributed by atoms with Gasteiger partial charge in [-0.1, -0.05) is 24.3 Å². The Labute approximate surface area is 157 Å². The number of para-hydroxylation sites is 2. The summed E-state index contributed by atoms with van der Waals surface area (Å²) in [5, 5.41) is 12.0. The number of amides is 1. The third-order valence-electron chi connectivity index (χ3n) is 4.13. The SMILES string of the molecule is COc1ccccc1C[C@@H](CC(=O)O)C(=O)Nc1c(OC)cccc1OC. The number of carboxylic acids is 1.